The molecule has 30 heavy (non-hydrogen) atoms. The fourth-order valence-corrected chi connectivity index (χ4v) is 4.43. The van der Waals surface area contributed by atoms with Crippen LogP contribution in [0.1, 0.15) is 49.8 Å². The Morgan fingerprint density at radius 1 is 1.10 bits per heavy atom. The molecule has 0 unspecified atom stereocenters. The summed E-state index contributed by atoms with van der Waals surface area (Å²) in [5.41, 5.74) is 6.76. The van der Waals surface area contributed by atoms with E-state index in [2.05, 4.69) is 61.2 Å². The van der Waals surface area contributed by atoms with E-state index < -0.39 is 5.97 Å². The van der Waals surface area contributed by atoms with E-state index in [1.54, 1.807) is 0 Å². The molecule has 1 fully saturated rings. The zero-order valence-electron chi connectivity index (χ0n) is 18.0. The van der Waals surface area contributed by atoms with Crippen molar-refractivity contribution in [3.63, 3.8) is 0 Å². The molecule has 2 aromatic carbocycles. The van der Waals surface area contributed by atoms with Gasteiger partial charge in [-0.3, -0.25) is 9.69 Å². The summed E-state index contributed by atoms with van der Waals surface area (Å²) >= 11 is 0. The second kappa shape index (κ2) is 9.05. The van der Waals surface area contributed by atoms with Crippen molar-refractivity contribution in [1.82, 2.24) is 4.90 Å². The molecule has 0 aromatic heterocycles. The molecule has 4 heteroatoms. The molecule has 4 nitrogen and oxygen atoms in total. The number of rotatable bonds is 8. The Kier molecular flexibility index (Phi) is 6.24. The monoisotopic (exact) mass is 405 g/mol. The van der Waals surface area contributed by atoms with Crippen molar-refractivity contribution in [3.05, 3.63) is 64.7 Å². The van der Waals surface area contributed by atoms with Crippen molar-refractivity contribution in [2.75, 3.05) is 19.6 Å². The first-order valence-electron chi connectivity index (χ1n) is 11.1. The molecule has 1 saturated heterocycles. The summed E-state index contributed by atoms with van der Waals surface area (Å²) in [7, 11) is 0. The van der Waals surface area contributed by atoms with Gasteiger partial charge in [0.15, 0.2) is 0 Å². The number of hydrogen-bond donors (Lipinski definition) is 1. The Balaban J connectivity index is 1.41. The molecule has 158 valence electrons. The second-order valence-electron chi connectivity index (χ2n) is 8.63. The second-order valence-corrected chi connectivity index (χ2v) is 8.63. The molecule has 0 amide bonds. The van der Waals surface area contributed by atoms with Crippen LogP contribution in [0.3, 0.4) is 0 Å². The highest BCUT2D eigenvalue weighted by atomic mass is 16.5. The highest BCUT2D eigenvalue weighted by Crippen LogP contribution is 2.35. The number of benzene rings is 2. The number of aryl methyl sites for hydroxylation is 2. The summed E-state index contributed by atoms with van der Waals surface area (Å²) in [6.45, 7) is 6.63. The number of carboxylic acids is 1. The molecule has 2 aliphatic rings. The standard InChI is InChI=1S/C26H31NO3/c1-3-4-5-19-6-10-23(11-7-19)30-24-12-13-25-18(2)21(9-8-20(25)14-24)15-27-16-22(17-27)26(28)29/h6-7,10-14,22H,3-5,8-9,15-17H2,1-2H3,(H,28,29). The first kappa shape index (κ1) is 20.7. The third-order valence-electron chi connectivity index (χ3n) is 6.41. The Morgan fingerprint density at radius 3 is 2.53 bits per heavy atom. The lowest BCUT2D eigenvalue weighted by Gasteiger charge is -2.38. The van der Waals surface area contributed by atoms with Gasteiger partial charge >= 0.3 is 5.97 Å². The Morgan fingerprint density at radius 2 is 1.83 bits per heavy atom. The summed E-state index contributed by atoms with van der Waals surface area (Å²) in [5.74, 6) is 0.902. The molecule has 2 aromatic rings. The van der Waals surface area contributed by atoms with Crippen molar-refractivity contribution in [1.29, 1.82) is 0 Å². The van der Waals surface area contributed by atoms with Crippen LogP contribution >= 0.6 is 0 Å². The average molecular weight is 406 g/mol. The lowest BCUT2D eigenvalue weighted by Crippen LogP contribution is -2.50. The number of carboxylic acid groups (broad SMARTS) is 1. The molecule has 0 bridgehead atoms. The summed E-state index contributed by atoms with van der Waals surface area (Å²) in [6.07, 6.45) is 5.59. The topological polar surface area (TPSA) is 49.8 Å². The Labute approximate surface area is 179 Å². The third kappa shape index (κ3) is 4.59. The van der Waals surface area contributed by atoms with Gasteiger partial charge in [0, 0.05) is 19.6 Å². The lowest BCUT2D eigenvalue weighted by molar-refractivity contribution is -0.147. The van der Waals surface area contributed by atoms with Gasteiger partial charge in [-0.2, -0.15) is 0 Å². The Bertz CT molecular complexity index is 939. The van der Waals surface area contributed by atoms with Gasteiger partial charge in [0.25, 0.3) is 0 Å². The highest BCUT2D eigenvalue weighted by molar-refractivity contribution is 5.73. The number of nitrogens with zero attached hydrogens (tertiary/aromatic N) is 1. The van der Waals surface area contributed by atoms with E-state index in [1.807, 2.05) is 0 Å². The van der Waals surface area contributed by atoms with E-state index in [0.29, 0.717) is 13.1 Å². The summed E-state index contributed by atoms with van der Waals surface area (Å²) in [4.78, 5) is 13.3. The summed E-state index contributed by atoms with van der Waals surface area (Å²) < 4.78 is 6.11. The fourth-order valence-electron chi connectivity index (χ4n) is 4.43. The van der Waals surface area contributed by atoms with E-state index in [1.165, 1.54) is 40.7 Å². The summed E-state index contributed by atoms with van der Waals surface area (Å²) in [5, 5.41) is 9.07. The molecule has 4 rings (SSSR count). The minimum atomic E-state index is -0.672. The number of likely N-dealkylation sites (tertiary alicyclic amines) is 1. The van der Waals surface area contributed by atoms with Gasteiger partial charge in [0.2, 0.25) is 0 Å². The highest BCUT2D eigenvalue weighted by Gasteiger charge is 2.33. The molecule has 0 saturated carbocycles. The first-order chi connectivity index (χ1) is 14.5. The number of fused-ring (bicyclic) bond motifs is 1. The first-order valence-corrected chi connectivity index (χ1v) is 11.1. The van der Waals surface area contributed by atoms with Crippen molar-refractivity contribution in [2.24, 2.45) is 5.92 Å². The van der Waals surface area contributed by atoms with E-state index >= 15 is 0 Å². The number of carbonyl (C=O) groups is 1. The molecule has 0 radical (unpaired) electrons. The lowest BCUT2D eigenvalue weighted by atomic mass is 9.85. The predicted octanol–water partition coefficient (Wildman–Crippen LogP) is 5.56. The largest absolute Gasteiger partial charge is 0.481 e. The van der Waals surface area contributed by atoms with Crippen molar-refractivity contribution in [3.8, 4) is 11.5 Å². The van der Waals surface area contributed by atoms with Gasteiger partial charge in [-0.25, -0.2) is 0 Å². The molecule has 1 aliphatic carbocycles. The van der Waals surface area contributed by atoms with Crippen LogP contribution in [0.15, 0.2) is 48.0 Å². The van der Waals surface area contributed by atoms with Crippen LogP contribution in [-0.2, 0) is 17.6 Å². The zero-order chi connectivity index (χ0) is 21.1. The van der Waals surface area contributed by atoms with Gasteiger partial charge in [-0.05, 0) is 79.1 Å². The smallest absolute Gasteiger partial charge is 0.309 e. The quantitative estimate of drug-likeness (QED) is 0.625. The van der Waals surface area contributed by atoms with Crippen molar-refractivity contribution < 1.29 is 14.6 Å². The Hall–Kier alpha value is -2.59. The van der Waals surface area contributed by atoms with E-state index in [0.717, 1.165) is 37.3 Å². The van der Waals surface area contributed by atoms with Crippen LogP contribution in [0.25, 0.3) is 5.57 Å². The number of aliphatic carboxylic acids is 1. The molecular weight excluding hydrogens is 374 g/mol. The van der Waals surface area contributed by atoms with Crippen molar-refractivity contribution in [2.45, 2.75) is 46.0 Å². The minimum Gasteiger partial charge on any atom is -0.481 e. The molecule has 1 aliphatic heterocycles. The van der Waals surface area contributed by atoms with Crippen LogP contribution in [0.2, 0.25) is 0 Å². The third-order valence-corrected chi connectivity index (χ3v) is 6.41. The fraction of sp³-hybridized carbons (Fsp3) is 0.423. The minimum absolute atomic E-state index is 0.192. The van der Waals surface area contributed by atoms with Gasteiger partial charge in [0.05, 0.1) is 5.92 Å². The van der Waals surface area contributed by atoms with Gasteiger partial charge < -0.3 is 9.84 Å². The number of allylic oxidation sites excluding steroid dienone is 1. The van der Waals surface area contributed by atoms with E-state index in [4.69, 9.17) is 9.84 Å². The van der Waals surface area contributed by atoms with E-state index in [9.17, 15) is 4.79 Å². The van der Waals surface area contributed by atoms with Crippen LogP contribution < -0.4 is 4.74 Å². The molecule has 0 spiro atoms. The van der Waals surface area contributed by atoms with Crippen LogP contribution in [0, 0.1) is 5.92 Å². The SMILES string of the molecule is CCCCc1ccc(Oc2ccc3c(c2)CCC(CN2CC(C(=O)O)C2)=C3C)cc1. The summed E-state index contributed by atoms with van der Waals surface area (Å²) in [6, 6.07) is 14.8. The number of ether oxygens (including phenoxy) is 1. The normalized spacial score (nSPS) is 16.9. The molecule has 0 atom stereocenters. The van der Waals surface area contributed by atoms with Gasteiger partial charge in [-0.1, -0.05) is 37.1 Å². The molecule has 1 N–H and O–H groups in total. The van der Waals surface area contributed by atoms with E-state index in [-0.39, 0.29) is 5.92 Å². The van der Waals surface area contributed by atoms with Crippen LogP contribution in [0.5, 0.6) is 11.5 Å². The van der Waals surface area contributed by atoms with Gasteiger partial charge in [0.1, 0.15) is 11.5 Å². The number of hydrogen-bond acceptors (Lipinski definition) is 3. The zero-order valence-corrected chi connectivity index (χ0v) is 18.0. The maximum Gasteiger partial charge on any atom is 0.309 e. The van der Waals surface area contributed by atoms with Crippen molar-refractivity contribution >= 4 is 11.5 Å². The maximum absolute atomic E-state index is 11.0. The molecular formula is C26H31NO3. The maximum atomic E-state index is 11.0. The van der Waals surface area contributed by atoms with Crippen LogP contribution in [0.4, 0.5) is 0 Å². The number of unbranched alkanes of at least 4 members (excludes halogenated alkanes) is 1. The van der Waals surface area contributed by atoms with Crippen LogP contribution in [-0.4, -0.2) is 35.6 Å². The molecule has 1 heterocycles. The predicted molar refractivity (Wildman–Crippen MR) is 120 cm³/mol. The van der Waals surface area contributed by atoms with Gasteiger partial charge in [-0.15, -0.1) is 0 Å². The average Bonchev–Trinajstić information content (AvgIpc) is 2.71.